The molecule has 0 saturated heterocycles. The van der Waals surface area contributed by atoms with Gasteiger partial charge in [0.05, 0.1) is 5.75 Å². The topological polar surface area (TPSA) is 118 Å². The molecule has 0 unspecified atom stereocenters. The molecule has 0 aromatic carbocycles. The first kappa shape index (κ1) is 14.9. The summed E-state index contributed by atoms with van der Waals surface area (Å²) >= 11 is 1.16. The van der Waals surface area contributed by atoms with Crippen molar-refractivity contribution in [3.63, 3.8) is 0 Å². The molecule has 21 heavy (non-hydrogen) atoms. The summed E-state index contributed by atoms with van der Waals surface area (Å²) in [5.74, 6) is 0.831. The van der Waals surface area contributed by atoms with Gasteiger partial charge in [-0.1, -0.05) is 11.8 Å². The molecule has 8 heteroatoms. The molecule has 2 aromatic heterocycles. The molecule has 0 radical (unpaired) electrons. The van der Waals surface area contributed by atoms with Crippen LogP contribution in [0.2, 0.25) is 0 Å². The molecule has 108 valence electrons. The van der Waals surface area contributed by atoms with Crippen LogP contribution in [0.4, 0.5) is 11.7 Å². The largest absolute Gasteiger partial charge is 0.444 e. The quantitative estimate of drug-likeness (QED) is 0.828. The Morgan fingerprint density at radius 3 is 2.86 bits per heavy atom. The van der Waals surface area contributed by atoms with E-state index in [4.69, 9.17) is 15.4 Å². The van der Waals surface area contributed by atoms with Crippen LogP contribution < -0.4 is 11.1 Å². The van der Waals surface area contributed by atoms with E-state index in [-0.39, 0.29) is 23.4 Å². The average Bonchev–Trinajstić information content (AvgIpc) is 2.72. The molecule has 0 fully saturated rings. The zero-order chi connectivity index (χ0) is 15.4. The summed E-state index contributed by atoms with van der Waals surface area (Å²) < 4.78 is 5.37. The number of thioether (sulfide) groups is 1. The molecule has 0 aliphatic rings. The minimum atomic E-state index is -0.310. The zero-order valence-corrected chi connectivity index (χ0v) is 12.3. The van der Waals surface area contributed by atoms with Gasteiger partial charge in [-0.15, -0.1) is 0 Å². The molecule has 0 bridgehead atoms. The van der Waals surface area contributed by atoms with Crippen molar-refractivity contribution in [2.45, 2.75) is 18.9 Å². The Bertz CT molecular complexity index is 720. The standard InChI is InChI=1S/C13H13N5O2S/c1-7-8(2)20-12(9(7)5-14)18-10(19)6-21-13-11(15)16-3-4-17-13/h3-4H,6H2,1-2H3,(H2,15,16)(H,18,19). The molecule has 0 spiro atoms. The van der Waals surface area contributed by atoms with Gasteiger partial charge in [0.15, 0.2) is 5.82 Å². The number of aromatic nitrogens is 2. The molecule has 0 atom stereocenters. The van der Waals surface area contributed by atoms with Gasteiger partial charge in [-0.05, 0) is 13.8 Å². The zero-order valence-electron chi connectivity index (χ0n) is 11.5. The van der Waals surface area contributed by atoms with Crippen molar-refractivity contribution in [3.8, 4) is 6.07 Å². The molecule has 1 amide bonds. The SMILES string of the molecule is Cc1oc(NC(=O)CSc2nccnc2N)c(C#N)c1C. The van der Waals surface area contributed by atoms with Gasteiger partial charge < -0.3 is 10.2 Å². The Morgan fingerprint density at radius 1 is 1.48 bits per heavy atom. The summed E-state index contributed by atoms with van der Waals surface area (Å²) in [5.41, 5.74) is 6.70. The first-order valence-corrected chi connectivity index (χ1v) is 7.00. The maximum Gasteiger partial charge on any atom is 0.237 e. The molecule has 0 saturated carbocycles. The lowest BCUT2D eigenvalue weighted by atomic mass is 10.2. The summed E-state index contributed by atoms with van der Waals surface area (Å²) in [5, 5.41) is 12.1. The number of carbonyl (C=O) groups excluding carboxylic acids is 1. The molecule has 0 aliphatic carbocycles. The first-order valence-electron chi connectivity index (χ1n) is 6.02. The third kappa shape index (κ3) is 3.32. The first-order chi connectivity index (χ1) is 10.0. The summed E-state index contributed by atoms with van der Waals surface area (Å²) in [6.45, 7) is 3.50. The van der Waals surface area contributed by atoms with E-state index in [9.17, 15) is 4.79 Å². The van der Waals surface area contributed by atoms with Crippen molar-refractivity contribution in [1.29, 1.82) is 5.26 Å². The highest BCUT2D eigenvalue weighted by atomic mass is 32.2. The van der Waals surface area contributed by atoms with Crippen molar-refractivity contribution in [3.05, 3.63) is 29.3 Å². The fourth-order valence-electron chi connectivity index (χ4n) is 1.59. The van der Waals surface area contributed by atoms with Gasteiger partial charge in [-0.25, -0.2) is 9.97 Å². The molecule has 2 rings (SSSR count). The third-order valence-corrected chi connectivity index (χ3v) is 3.78. The Balaban J connectivity index is 2.02. The van der Waals surface area contributed by atoms with E-state index in [1.165, 1.54) is 12.4 Å². The van der Waals surface area contributed by atoms with Crippen LogP contribution in [0.3, 0.4) is 0 Å². The smallest absolute Gasteiger partial charge is 0.237 e. The molecule has 0 aliphatic heterocycles. The number of nitrogens with one attached hydrogen (secondary N) is 1. The fourth-order valence-corrected chi connectivity index (χ4v) is 2.27. The van der Waals surface area contributed by atoms with E-state index in [2.05, 4.69) is 15.3 Å². The summed E-state index contributed by atoms with van der Waals surface area (Å²) in [7, 11) is 0. The second kappa shape index (κ2) is 6.28. The van der Waals surface area contributed by atoms with Crippen LogP contribution >= 0.6 is 11.8 Å². The Hall–Kier alpha value is -2.53. The highest BCUT2D eigenvalue weighted by Gasteiger charge is 2.17. The predicted octanol–water partition coefficient (Wildman–Crippen LogP) is 1.87. The van der Waals surface area contributed by atoms with Gasteiger partial charge in [0.25, 0.3) is 0 Å². The number of nitrogen functional groups attached to an aromatic ring is 1. The minimum Gasteiger partial charge on any atom is -0.444 e. The van der Waals surface area contributed by atoms with Crippen LogP contribution in [-0.4, -0.2) is 21.6 Å². The van der Waals surface area contributed by atoms with Crippen LogP contribution in [0, 0.1) is 25.2 Å². The third-order valence-electron chi connectivity index (χ3n) is 2.78. The number of hydrogen-bond donors (Lipinski definition) is 2. The maximum atomic E-state index is 11.9. The molecular weight excluding hydrogens is 290 g/mol. The highest BCUT2D eigenvalue weighted by Crippen LogP contribution is 2.26. The van der Waals surface area contributed by atoms with Crippen molar-refractivity contribution >= 4 is 29.4 Å². The lowest BCUT2D eigenvalue weighted by Crippen LogP contribution is -2.14. The second-order valence-corrected chi connectivity index (χ2v) is 5.15. The normalized spacial score (nSPS) is 10.1. The van der Waals surface area contributed by atoms with Crippen LogP contribution in [0.5, 0.6) is 0 Å². The number of carbonyl (C=O) groups is 1. The summed E-state index contributed by atoms with van der Waals surface area (Å²) in [6.07, 6.45) is 2.98. The Labute approximate surface area is 125 Å². The van der Waals surface area contributed by atoms with E-state index in [0.29, 0.717) is 16.3 Å². The van der Waals surface area contributed by atoms with Gasteiger partial charge in [0.1, 0.15) is 22.4 Å². The predicted molar refractivity (Wildman–Crippen MR) is 78.7 cm³/mol. The lowest BCUT2D eigenvalue weighted by Gasteiger charge is -2.03. The van der Waals surface area contributed by atoms with Crippen LogP contribution in [-0.2, 0) is 4.79 Å². The molecular formula is C13H13N5O2S. The van der Waals surface area contributed by atoms with Gasteiger partial charge in [0, 0.05) is 18.0 Å². The fraction of sp³-hybridized carbons (Fsp3) is 0.231. The van der Waals surface area contributed by atoms with Crippen molar-refractivity contribution in [2.75, 3.05) is 16.8 Å². The summed E-state index contributed by atoms with van der Waals surface area (Å²) in [4.78, 5) is 19.8. The number of nitrogens with zero attached hydrogens (tertiary/aromatic N) is 3. The van der Waals surface area contributed by atoms with E-state index in [1.54, 1.807) is 13.8 Å². The lowest BCUT2D eigenvalue weighted by molar-refractivity contribution is -0.113. The van der Waals surface area contributed by atoms with E-state index in [0.717, 1.165) is 17.3 Å². The Morgan fingerprint density at radius 2 is 2.19 bits per heavy atom. The van der Waals surface area contributed by atoms with E-state index in [1.807, 2.05) is 6.07 Å². The number of anilines is 2. The molecule has 2 aromatic rings. The van der Waals surface area contributed by atoms with Gasteiger partial charge >= 0.3 is 0 Å². The molecule has 2 heterocycles. The monoisotopic (exact) mass is 303 g/mol. The Kier molecular flexibility index (Phi) is 4.45. The van der Waals surface area contributed by atoms with Gasteiger partial charge in [-0.2, -0.15) is 5.26 Å². The number of nitriles is 1. The number of amides is 1. The van der Waals surface area contributed by atoms with Gasteiger partial charge in [-0.3, -0.25) is 10.1 Å². The molecule has 7 nitrogen and oxygen atoms in total. The maximum absolute atomic E-state index is 11.9. The van der Waals surface area contributed by atoms with Crippen LogP contribution in [0.1, 0.15) is 16.9 Å². The van der Waals surface area contributed by atoms with Crippen molar-refractivity contribution in [1.82, 2.24) is 9.97 Å². The number of rotatable bonds is 4. The van der Waals surface area contributed by atoms with Gasteiger partial charge in [0.2, 0.25) is 11.8 Å². The number of furan rings is 1. The molecule has 3 N–H and O–H groups in total. The van der Waals surface area contributed by atoms with E-state index < -0.39 is 0 Å². The van der Waals surface area contributed by atoms with Crippen LogP contribution in [0.15, 0.2) is 21.8 Å². The minimum absolute atomic E-state index is 0.0898. The number of nitrogens with two attached hydrogens (primary N) is 1. The summed E-state index contributed by atoms with van der Waals surface area (Å²) in [6, 6.07) is 2.02. The number of aryl methyl sites for hydroxylation is 1. The average molecular weight is 303 g/mol. The highest BCUT2D eigenvalue weighted by molar-refractivity contribution is 8.00. The second-order valence-electron chi connectivity index (χ2n) is 4.18. The van der Waals surface area contributed by atoms with Crippen LogP contribution in [0.25, 0.3) is 0 Å². The van der Waals surface area contributed by atoms with E-state index >= 15 is 0 Å². The van der Waals surface area contributed by atoms with Crippen molar-refractivity contribution in [2.24, 2.45) is 0 Å². The number of hydrogen-bond acceptors (Lipinski definition) is 7. The van der Waals surface area contributed by atoms with Crippen molar-refractivity contribution < 1.29 is 9.21 Å².